The molecule has 0 fully saturated rings. The Bertz CT molecular complexity index is 395. The van der Waals surface area contributed by atoms with Crippen molar-refractivity contribution >= 4 is 0 Å². The van der Waals surface area contributed by atoms with E-state index in [1.54, 1.807) is 12.1 Å². The molecule has 1 aromatic carbocycles. The van der Waals surface area contributed by atoms with Crippen molar-refractivity contribution in [3.05, 3.63) is 35.4 Å². The molecule has 1 nitrogen and oxygen atoms in total. The first-order valence-corrected chi connectivity index (χ1v) is 7.69. The van der Waals surface area contributed by atoms with Crippen molar-refractivity contribution in [3.8, 4) is 0 Å². The number of rotatable bonds is 8. The van der Waals surface area contributed by atoms with Crippen LogP contribution in [0.3, 0.4) is 0 Å². The standard InChI is InChI=1S/C17H26F3N/c1-4-5-15(12-21-11-13(2)3)10-14-6-8-16(9-7-14)17(18,19)20/h6-9,13,15,21H,4-5,10-12H2,1-3H3. The van der Waals surface area contributed by atoms with Crippen molar-refractivity contribution in [1.29, 1.82) is 0 Å². The average molecular weight is 301 g/mol. The summed E-state index contributed by atoms with van der Waals surface area (Å²) < 4.78 is 37.6. The second-order valence-corrected chi connectivity index (χ2v) is 6.11. The van der Waals surface area contributed by atoms with Crippen molar-refractivity contribution in [3.63, 3.8) is 0 Å². The van der Waals surface area contributed by atoms with E-state index in [1.165, 1.54) is 12.1 Å². The van der Waals surface area contributed by atoms with Gasteiger partial charge >= 0.3 is 6.18 Å². The Hall–Kier alpha value is -1.03. The molecule has 21 heavy (non-hydrogen) atoms. The molecule has 0 saturated carbocycles. The Balaban J connectivity index is 2.58. The summed E-state index contributed by atoms with van der Waals surface area (Å²) in [7, 11) is 0. The summed E-state index contributed by atoms with van der Waals surface area (Å²) in [6.07, 6.45) is -1.24. The van der Waals surface area contributed by atoms with Crippen molar-refractivity contribution < 1.29 is 13.2 Å². The third kappa shape index (κ3) is 6.98. The second-order valence-electron chi connectivity index (χ2n) is 6.11. The lowest BCUT2D eigenvalue weighted by molar-refractivity contribution is -0.137. The summed E-state index contributed by atoms with van der Waals surface area (Å²) in [6, 6.07) is 5.57. The first kappa shape index (κ1) is 18.0. The average Bonchev–Trinajstić information content (AvgIpc) is 2.38. The Morgan fingerprint density at radius 3 is 2.14 bits per heavy atom. The van der Waals surface area contributed by atoms with Gasteiger partial charge in [-0.1, -0.05) is 39.3 Å². The fraction of sp³-hybridized carbons (Fsp3) is 0.647. The minimum atomic E-state index is -4.25. The SMILES string of the molecule is CCCC(CNCC(C)C)Cc1ccc(C(F)(F)F)cc1. The van der Waals surface area contributed by atoms with Crippen LogP contribution in [0.4, 0.5) is 13.2 Å². The molecule has 1 aromatic rings. The third-order valence-corrected chi connectivity index (χ3v) is 3.49. The number of halogens is 3. The number of hydrogen-bond donors (Lipinski definition) is 1. The molecule has 1 N–H and O–H groups in total. The predicted octanol–water partition coefficient (Wildman–Crippen LogP) is 4.91. The van der Waals surface area contributed by atoms with Crippen LogP contribution in [0.5, 0.6) is 0 Å². The number of nitrogens with one attached hydrogen (secondary N) is 1. The van der Waals surface area contributed by atoms with Crippen LogP contribution in [0.15, 0.2) is 24.3 Å². The maximum absolute atomic E-state index is 12.5. The van der Waals surface area contributed by atoms with Crippen molar-refractivity contribution in [2.45, 2.75) is 46.2 Å². The van der Waals surface area contributed by atoms with Crippen LogP contribution in [0, 0.1) is 11.8 Å². The van der Waals surface area contributed by atoms with Gasteiger partial charge in [-0.2, -0.15) is 13.2 Å². The molecule has 120 valence electrons. The van der Waals surface area contributed by atoms with Crippen LogP contribution in [0.1, 0.15) is 44.7 Å². The van der Waals surface area contributed by atoms with Crippen LogP contribution in [0.25, 0.3) is 0 Å². The zero-order valence-corrected chi connectivity index (χ0v) is 13.1. The Morgan fingerprint density at radius 2 is 1.67 bits per heavy atom. The Kier molecular flexibility index (Phi) is 7.23. The molecule has 0 aromatic heterocycles. The van der Waals surface area contributed by atoms with Crippen LogP contribution >= 0.6 is 0 Å². The smallest absolute Gasteiger partial charge is 0.316 e. The zero-order chi connectivity index (χ0) is 15.9. The van der Waals surface area contributed by atoms with Gasteiger partial charge in [0.25, 0.3) is 0 Å². The number of alkyl halides is 3. The molecule has 0 saturated heterocycles. The largest absolute Gasteiger partial charge is 0.416 e. The molecule has 0 radical (unpaired) electrons. The van der Waals surface area contributed by atoms with Gasteiger partial charge in [0.2, 0.25) is 0 Å². The second kappa shape index (κ2) is 8.42. The summed E-state index contributed by atoms with van der Waals surface area (Å²) in [4.78, 5) is 0. The van der Waals surface area contributed by atoms with Crippen molar-refractivity contribution in [2.75, 3.05) is 13.1 Å². The fourth-order valence-electron chi connectivity index (χ4n) is 2.42. The molecule has 0 aliphatic rings. The maximum atomic E-state index is 12.5. The summed E-state index contributed by atoms with van der Waals surface area (Å²) >= 11 is 0. The predicted molar refractivity (Wildman–Crippen MR) is 81.3 cm³/mol. The number of hydrogen-bond acceptors (Lipinski definition) is 1. The topological polar surface area (TPSA) is 12.0 Å². The molecule has 4 heteroatoms. The lowest BCUT2D eigenvalue weighted by Crippen LogP contribution is -2.27. The van der Waals surface area contributed by atoms with Gasteiger partial charge in [0.05, 0.1) is 5.56 Å². The van der Waals surface area contributed by atoms with Gasteiger partial charge in [-0.15, -0.1) is 0 Å². The fourth-order valence-corrected chi connectivity index (χ4v) is 2.42. The molecule has 0 bridgehead atoms. The lowest BCUT2D eigenvalue weighted by atomic mass is 9.94. The molecular formula is C17H26F3N. The first-order valence-electron chi connectivity index (χ1n) is 7.69. The van der Waals surface area contributed by atoms with Gasteiger partial charge in [0, 0.05) is 0 Å². The third-order valence-electron chi connectivity index (χ3n) is 3.49. The van der Waals surface area contributed by atoms with E-state index in [9.17, 15) is 13.2 Å². The molecule has 0 aliphatic carbocycles. The quantitative estimate of drug-likeness (QED) is 0.719. The van der Waals surface area contributed by atoms with Crippen LogP contribution in [-0.4, -0.2) is 13.1 Å². The van der Waals surface area contributed by atoms with Gasteiger partial charge < -0.3 is 5.32 Å². The Labute approximate surface area is 125 Å². The Morgan fingerprint density at radius 1 is 1.05 bits per heavy atom. The molecule has 1 atom stereocenters. The zero-order valence-electron chi connectivity index (χ0n) is 13.1. The summed E-state index contributed by atoms with van der Waals surface area (Å²) in [6.45, 7) is 8.37. The van der Waals surface area contributed by atoms with E-state index in [4.69, 9.17) is 0 Å². The molecule has 1 unspecified atom stereocenters. The molecular weight excluding hydrogens is 275 g/mol. The first-order chi connectivity index (χ1) is 9.82. The molecule has 0 aliphatic heterocycles. The van der Waals surface area contributed by atoms with E-state index in [0.29, 0.717) is 11.8 Å². The highest BCUT2D eigenvalue weighted by atomic mass is 19.4. The van der Waals surface area contributed by atoms with Crippen molar-refractivity contribution in [1.82, 2.24) is 5.32 Å². The van der Waals surface area contributed by atoms with Crippen LogP contribution < -0.4 is 5.32 Å². The minimum Gasteiger partial charge on any atom is -0.316 e. The normalized spacial score (nSPS) is 13.7. The van der Waals surface area contributed by atoms with Gasteiger partial charge in [-0.05, 0) is 55.5 Å². The van der Waals surface area contributed by atoms with E-state index in [-0.39, 0.29) is 0 Å². The van der Waals surface area contributed by atoms with Crippen LogP contribution in [0.2, 0.25) is 0 Å². The van der Waals surface area contributed by atoms with Gasteiger partial charge in [0.1, 0.15) is 0 Å². The lowest BCUT2D eigenvalue weighted by Gasteiger charge is -2.18. The molecule has 0 amide bonds. The highest BCUT2D eigenvalue weighted by Gasteiger charge is 2.29. The molecule has 1 rings (SSSR count). The monoisotopic (exact) mass is 301 g/mol. The van der Waals surface area contributed by atoms with Gasteiger partial charge in [-0.25, -0.2) is 0 Å². The van der Waals surface area contributed by atoms with Gasteiger partial charge in [-0.3, -0.25) is 0 Å². The maximum Gasteiger partial charge on any atom is 0.416 e. The highest BCUT2D eigenvalue weighted by Crippen LogP contribution is 2.29. The van der Waals surface area contributed by atoms with Gasteiger partial charge in [0.15, 0.2) is 0 Å². The summed E-state index contributed by atoms with van der Waals surface area (Å²) in [5, 5.41) is 3.45. The minimum absolute atomic E-state index is 0.477. The molecule has 0 spiro atoms. The summed E-state index contributed by atoms with van der Waals surface area (Å²) in [5.41, 5.74) is 0.407. The van der Waals surface area contributed by atoms with E-state index in [0.717, 1.165) is 37.9 Å². The van der Waals surface area contributed by atoms with Crippen molar-refractivity contribution in [2.24, 2.45) is 11.8 Å². The number of benzene rings is 1. The van der Waals surface area contributed by atoms with E-state index in [2.05, 4.69) is 26.1 Å². The highest BCUT2D eigenvalue weighted by molar-refractivity contribution is 5.24. The van der Waals surface area contributed by atoms with Crippen LogP contribution in [-0.2, 0) is 12.6 Å². The van der Waals surface area contributed by atoms with E-state index < -0.39 is 11.7 Å². The van der Waals surface area contributed by atoms with E-state index in [1.807, 2.05) is 0 Å². The molecule has 0 heterocycles. The summed E-state index contributed by atoms with van der Waals surface area (Å²) in [5.74, 6) is 1.09. The van der Waals surface area contributed by atoms with E-state index >= 15 is 0 Å².